The molecule has 270 valence electrons. The Balaban J connectivity index is 1.13. The Morgan fingerprint density at radius 2 is 0.759 bits per heavy atom. The second kappa shape index (κ2) is 13.3. The van der Waals surface area contributed by atoms with Gasteiger partial charge >= 0.3 is 0 Å². The SMILES string of the molecule is c1ccc2cc(-c3ccc(-c4nc(-c5cccc6c5sc5ccccc56)cc(-c5cccc6c5sc5ccccc56)n4)c(-c4ccc5ccccc5c4)c3)ccc2c1. The van der Waals surface area contributed by atoms with Gasteiger partial charge in [-0.05, 0) is 86.3 Å². The molecule has 3 heterocycles. The van der Waals surface area contributed by atoms with Gasteiger partial charge in [-0.3, -0.25) is 0 Å². The van der Waals surface area contributed by atoms with E-state index in [1.165, 1.54) is 67.5 Å². The minimum atomic E-state index is 0.706. The van der Waals surface area contributed by atoms with E-state index in [9.17, 15) is 0 Å². The molecule has 9 aromatic carbocycles. The van der Waals surface area contributed by atoms with Crippen molar-refractivity contribution >= 4 is 84.6 Å². The van der Waals surface area contributed by atoms with Gasteiger partial charge in [-0.25, -0.2) is 9.97 Å². The fraction of sp³-hybridized carbons (Fsp3) is 0. The highest BCUT2D eigenvalue weighted by Gasteiger charge is 2.20. The lowest BCUT2D eigenvalue weighted by Crippen LogP contribution is -1.98. The second-order valence-corrected chi connectivity index (χ2v) is 17.0. The van der Waals surface area contributed by atoms with Gasteiger partial charge in [-0.1, -0.05) is 152 Å². The van der Waals surface area contributed by atoms with Crippen molar-refractivity contribution in [3.63, 3.8) is 0 Å². The van der Waals surface area contributed by atoms with Crippen LogP contribution in [0.15, 0.2) is 194 Å². The van der Waals surface area contributed by atoms with Gasteiger partial charge in [0.05, 0.1) is 11.4 Å². The predicted octanol–water partition coefficient (Wildman–Crippen LogP) is 15.9. The molecule has 4 heteroatoms. The molecule has 0 aliphatic heterocycles. The zero-order chi connectivity index (χ0) is 38.2. The van der Waals surface area contributed by atoms with Crippen molar-refractivity contribution in [1.82, 2.24) is 9.97 Å². The maximum absolute atomic E-state index is 5.53. The van der Waals surface area contributed by atoms with Crippen molar-refractivity contribution in [3.8, 4) is 56.2 Å². The van der Waals surface area contributed by atoms with E-state index in [4.69, 9.17) is 9.97 Å². The highest BCUT2D eigenvalue weighted by molar-refractivity contribution is 7.26. The van der Waals surface area contributed by atoms with Gasteiger partial charge in [-0.2, -0.15) is 0 Å². The van der Waals surface area contributed by atoms with Crippen LogP contribution in [-0.2, 0) is 0 Å². The highest BCUT2D eigenvalue weighted by atomic mass is 32.1. The number of thiophene rings is 2. The van der Waals surface area contributed by atoms with Crippen molar-refractivity contribution in [2.75, 3.05) is 0 Å². The zero-order valence-corrected chi connectivity index (χ0v) is 32.8. The summed E-state index contributed by atoms with van der Waals surface area (Å²) in [5.41, 5.74) is 9.62. The third-order valence-electron chi connectivity index (χ3n) is 11.5. The molecule has 0 amide bonds. The Hall–Kier alpha value is -6.98. The van der Waals surface area contributed by atoms with E-state index in [1.807, 2.05) is 22.7 Å². The van der Waals surface area contributed by atoms with E-state index in [1.54, 1.807) is 0 Å². The van der Waals surface area contributed by atoms with Crippen LogP contribution in [0.5, 0.6) is 0 Å². The molecule has 0 saturated carbocycles. The Kier molecular flexibility index (Phi) is 7.62. The Labute approximate surface area is 343 Å². The summed E-state index contributed by atoms with van der Waals surface area (Å²) < 4.78 is 5.02. The molecule has 0 saturated heterocycles. The van der Waals surface area contributed by atoms with E-state index < -0.39 is 0 Å². The fourth-order valence-corrected chi connectivity index (χ4v) is 11.1. The third kappa shape index (κ3) is 5.45. The molecule has 0 atom stereocenters. The smallest absolute Gasteiger partial charge is 0.161 e. The number of nitrogens with zero attached hydrogens (tertiary/aromatic N) is 2. The highest BCUT2D eigenvalue weighted by Crippen LogP contribution is 2.44. The van der Waals surface area contributed by atoms with E-state index in [0.717, 1.165) is 44.8 Å². The van der Waals surface area contributed by atoms with Crippen molar-refractivity contribution in [1.29, 1.82) is 0 Å². The summed E-state index contributed by atoms with van der Waals surface area (Å²) in [6.07, 6.45) is 0. The summed E-state index contributed by atoms with van der Waals surface area (Å²) in [7, 11) is 0. The molecule has 58 heavy (non-hydrogen) atoms. The van der Waals surface area contributed by atoms with Crippen LogP contribution in [0.3, 0.4) is 0 Å². The van der Waals surface area contributed by atoms with Crippen molar-refractivity contribution in [3.05, 3.63) is 194 Å². The number of rotatable bonds is 5. The van der Waals surface area contributed by atoms with Gasteiger partial charge in [-0.15, -0.1) is 22.7 Å². The van der Waals surface area contributed by atoms with Crippen LogP contribution in [0.4, 0.5) is 0 Å². The van der Waals surface area contributed by atoms with E-state index >= 15 is 0 Å². The van der Waals surface area contributed by atoms with E-state index in [-0.39, 0.29) is 0 Å². The normalized spacial score (nSPS) is 11.8. The minimum absolute atomic E-state index is 0.706. The predicted molar refractivity (Wildman–Crippen MR) is 250 cm³/mol. The number of aromatic nitrogens is 2. The third-order valence-corrected chi connectivity index (χ3v) is 13.9. The first-order valence-corrected chi connectivity index (χ1v) is 21.2. The molecule has 0 unspecified atom stereocenters. The molecule has 0 bridgehead atoms. The van der Waals surface area contributed by atoms with E-state index in [0.29, 0.717) is 5.82 Å². The van der Waals surface area contributed by atoms with Crippen LogP contribution >= 0.6 is 22.7 Å². The quantitative estimate of drug-likeness (QED) is 0.174. The number of hydrogen-bond acceptors (Lipinski definition) is 4. The van der Waals surface area contributed by atoms with Gasteiger partial charge in [0.25, 0.3) is 0 Å². The summed E-state index contributed by atoms with van der Waals surface area (Å²) >= 11 is 3.67. The largest absolute Gasteiger partial charge is 0.228 e. The van der Waals surface area contributed by atoms with Crippen LogP contribution in [0, 0.1) is 0 Å². The molecule has 12 rings (SSSR count). The Morgan fingerprint density at radius 3 is 1.36 bits per heavy atom. The summed E-state index contributed by atoms with van der Waals surface area (Å²) in [5.74, 6) is 0.706. The lowest BCUT2D eigenvalue weighted by molar-refractivity contribution is 1.19. The molecule has 0 N–H and O–H groups in total. The summed E-state index contributed by atoms with van der Waals surface area (Å²) in [6.45, 7) is 0. The maximum atomic E-state index is 5.53. The molecule has 3 aromatic heterocycles. The van der Waals surface area contributed by atoms with Crippen molar-refractivity contribution < 1.29 is 0 Å². The first kappa shape index (κ1) is 33.2. The fourth-order valence-electron chi connectivity index (χ4n) is 8.62. The van der Waals surface area contributed by atoms with Crippen molar-refractivity contribution in [2.24, 2.45) is 0 Å². The molecular formula is C54H32N2S2. The Morgan fingerprint density at radius 1 is 0.293 bits per heavy atom. The second-order valence-electron chi connectivity index (χ2n) is 14.9. The lowest BCUT2D eigenvalue weighted by atomic mass is 9.92. The molecule has 0 spiro atoms. The van der Waals surface area contributed by atoms with E-state index in [2.05, 4.69) is 194 Å². The lowest BCUT2D eigenvalue weighted by Gasteiger charge is -2.16. The first-order chi connectivity index (χ1) is 28.7. The minimum Gasteiger partial charge on any atom is -0.228 e. The molecule has 0 aliphatic rings. The van der Waals surface area contributed by atoms with Gasteiger partial charge < -0.3 is 0 Å². The topological polar surface area (TPSA) is 25.8 Å². The standard InChI is InChI=1S/C54H32N2S2/c1-3-13-35-29-37(25-23-33(35)11-1)38-27-28-44(47(31-38)39-26-24-34-12-2-4-14-36(34)30-39)54-55-48(45-19-9-17-42-40-15-5-7-21-50(40)57-52(42)45)32-49(56-54)46-20-10-18-43-41-16-6-8-22-51(41)58-53(43)46/h1-32H. The maximum Gasteiger partial charge on any atom is 0.161 e. The van der Waals surface area contributed by atoms with Gasteiger partial charge in [0, 0.05) is 57.0 Å². The average Bonchev–Trinajstić information content (AvgIpc) is 3.87. The molecule has 0 radical (unpaired) electrons. The molecule has 12 aromatic rings. The van der Waals surface area contributed by atoms with Crippen LogP contribution in [0.25, 0.3) is 118 Å². The number of hydrogen-bond donors (Lipinski definition) is 0. The van der Waals surface area contributed by atoms with Gasteiger partial charge in [0.1, 0.15) is 0 Å². The van der Waals surface area contributed by atoms with Crippen LogP contribution < -0.4 is 0 Å². The number of benzene rings is 9. The van der Waals surface area contributed by atoms with Crippen LogP contribution in [0.1, 0.15) is 0 Å². The van der Waals surface area contributed by atoms with Gasteiger partial charge in [0.15, 0.2) is 5.82 Å². The molecular weight excluding hydrogens is 741 g/mol. The first-order valence-electron chi connectivity index (χ1n) is 19.5. The summed E-state index contributed by atoms with van der Waals surface area (Å²) in [6, 6.07) is 70.3. The number of fused-ring (bicyclic) bond motifs is 8. The molecule has 2 nitrogen and oxygen atoms in total. The molecule has 0 fully saturated rings. The molecule has 0 aliphatic carbocycles. The zero-order valence-electron chi connectivity index (χ0n) is 31.2. The van der Waals surface area contributed by atoms with Crippen LogP contribution in [-0.4, -0.2) is 9.97 Å². The average molecular weight is 773 g/mol. The van der Waals surface area contributed by atoms with Crippen molar-refractivity contribution in [2.45, 2.75) is 0 Å². The van der Waals surface area contributed by atoms with Gasteiger partial charge in [0.2, 0.25) is 0 Å². The summed E-state index contributed by atoms with van der Waals surface area (Å²) in [4.78, 5) is 11.1. The summed E-state index contributed by atoms with van der Waals surface area (Å²) in [5, 5.41) is 9.93. The van der Waals surface area contributed by atoms with Crippen LogP contribution in [0.2, 0.25) is 0 Å². The Bertz CT molecular complexity index is 3460. The monoisotopic (exact) mass is 772 g/mol.